The summed E-state index contributed by atoms with van der Waals surface area (Å²) >= 11 is 0. The van der Waals surface area contributed by atoms with Crippen molar-refractivity contribution in [1.29, 1.82) is 0 Å². The van der Waals surface area contributed by atoms with E-state index in [1.807, 2.05) is 0 Å². The van der Waals surface area contributed by atoms with Crippen LogP contribution in [0.15, 0.2) is 53.4 Å². The predicted octanol–water partition coefficient (Wildman–Crippen LogP) is 0.946. The molecule has 0 spiro atoms. The number of para-hydroxylation sites is 2. The van der Waals surface area contributed by atoms with E-state index in [-0.39, 0.29) is 36.6 Å². The number of ether oxygens (including phenoxy) is 3. The number of nitrogens with one attached hydrogen (secondary N) is 2. The van der Waals surface area contributed by atoms with Gasteiger partial charge in [0.1, 0.15) is 0 Å². The molecule has 0 aromatic heterocycles. The van der Waals surface area contributed by atoms with E-state index in [4.69, 9.17) is 14.2 Å². The van der Waals surface area contributed by atoms with Crippen LogP contribution in [-0.4, -0.2) is 64.6 Å². The zero-order valence-electron chi connectivity index (χ0n) is 17.6. The van der Waals surface area contributed by atoms with Crippen LogP contribution in [0.25, 0.3) is 0 Å². The Labute approximate surface area is 186 Å². The predicted molar refractivity (Wildman–Crippen MR) is 115 cm³/mol. The van der Waals surface area contributed by atoms with Crippen molar-refractivity contribution in [2.45, 2.75) is 11.3 Å². The second-order valence-electron chi connectivity index (χ2n) is 6.80. The summed E-state index contributed by atoms with van der Waals surface area (Å²) in [6.45, 7) is 1.24. The quantitative estimate of drug-likeness (QED) is 0.559. The van der Waals surface area contributed by atoms with Gasteiger partial charge in [-0.1, -0.05) is 18.2 Å². The van der Waals surface area contributed by atoms with Gasteiger partial charge in [0.25, 0.3) is 5.91 Å². The minimum Gasteiger partial charge on any atom is -0.493 e. The number of hydrogen-bond donors (Lipinski definition) is 2. The van der Waals surface area contributed by atoms with Gasteiger partial charge in [0.15, 0.2) is 11.5 Å². The second-order valence-corrected chi connectivity index (χ2v) is 8.73. The molecule has 10 nitrogen and oxygen atoms in total. The van der Waals surface area contributed by atoms with Crippen LogP contribution in [-0.2, 0) is 19.6 Å². The van der Waals surface area contributed by atoms with Crippen LogP contribution in [0.2, 0.25) is 0 Å². The third-order valence-corrected chi connectivity index (χ3v) is 6.57. The number of benzene rings is 2. The van der Waals surface area contributed by atoms with Gasteiger partial charge in [-0.15, -0.1) is 0 Å². The van der Waals surface area contributed by atoms with Gasteiger partial charge in [0.2, 0.25) is 15.9 Å². The minimum atomic E-state index is -3.73. The smallest absolute Gasteiger partial charge is 0.269 e. The summed E-state index contributed by atoms with van der Waals surface area (Å²) in [6, 6.07) is 12.7. The Morgan fingerprint density at radius 3 is 2.47 bits per heavy atom. The van der Waals surface area contributed by atoms with Gasteiger partial charge in [-0.25, -0.2) is 8.42 Å². The van der Waals surface area contributed by atoms with Gasteiger partial charge in [-0.05, 0) is 30.3 Å². The van der Waals surface area contributed by atoms with Crippen LogP contribution in [0.4, 0.5) is 0 Å². The van der Waals surface area contributed by atoms with E-state index < -0.39 is 21.8 Å². The van der Waals surface area contributed by atoms with Crippen LogP contribution in [0.5, 0.6) is 11.5 Å². The molecule has 172 valence electrons. The maximum Gasteiger partial charge on any atom is 0.269 e. The number of sulfonamides is 1. The summed E-state index contributed by atoms with van der Waals surface area (Å²) in [7, 11) is -2.21. The van der Waals surface area contributed by atoms with Gasteiger partial charge in [0, 0.05) is 18.7 Å². The van der Waals surface area contributed by atoms with E-state index in [1.165, 1.54) is 35.7 Å². The van der Waals surface area contributed by atoms with Crippen molar-refractivity contribution in [1.82, 2.24) is 15.2 Å². The number of nitrogens with zero attached hydrogens (tertiary/aromatic N) is 1. The van der Waals surface area contributed by atoms with E-state index in [1.54, 1.807) is 24.3 Å². The monoisotopic (exact) mass is 463 g/mol. The molecule has 0 saturated carbocycles. The molecule has 3 rings (SSSR count). The van der Waals surface area contributed by atoms with Crippen molar-refractivity contribution >= 4 is 21.8 Å². The van der Waals surface area contributed by atoms with Crippen molar-refractivity contribution in [3.05, 3.63) is 54.1 Å². The first-order chi connectivity index (χ1) is 15.4. The number of rotatable bonds is 8. The van der Waals surface area contributed by atoms with Crippen molar-refractivity contribution in [2.75, 3.05) is 40.0 Å². The Morgan fingerprint density at radius 1 is 1.03 bits per heavy atom. The molecular formula is C21H25N3O7S. The maximum absolute atomic E-state index is 12.8. The highest BCUT2D eigenvalue weighted by atomic mass is 32.2. The first-order valence-electron chi connectivity index (χ1n) is 9.95. The molecule has 1 saturated heterocycles. The first kappa shape index (κ1) is 23.5. The number of morpholine rings is 1. The third kappa shape index (κ3) is 5.96. The molecule has 32 heavy (non-hydrogen) atoms. The second kappa shape index (κ2) is 10.9. The molecule has 1 fully saturated rings. The molecule has 2 N–H and O–H groups in total. The lowest BCUT2D eigenvalue weighted by atomic mass is 10.2. The highest BCUT2D eigenvalue weighted by molar-refractivity contribution is 7.89. The first-order valence-corrected chi connectivity index (χ1v) is 11.4. The minimum absolute atomic E-state index is 0.00332. The fourth-order valence-electron chi connectivity index (χ4n) is 2.99. The Hall–Kier alpha value is -3.15. The summed E-state index contributed by atoms with van der Waals surface area (Å²) < 4.78 is 42.7. The molecule has 0 unspecified atom stereocenters. The number of methoxy groups -OCH3 is 1. The van der Waals surface area contributed by atoms with Crippen molar-refractivity contribution in [3.8, 4) is 11.5 Å². The molecular weight excluding hydrogens is 438 g/mol. The molecule has 11 heteroatoms. The van der Waals surface area contributed by atoms with Crippen LogP contribution >= 0.6 is 0 Å². The summed E-state index contributed by atoms with van der Waals surface area (Å²) in [5.74, 6) is -0.0494. The normalized spacial score (nSPS) is 14.4. The summed E-state index contributed by atoms with van der Waals surface area (Å²) in [5.41, 5.74) is 4.67. The number of carbonyl (C=O) groups is 2. The summed E-state index contributed by atoms with van der Waals surface area (Å²) in [6.07, 6.45) is -0.0101. The summed E-state index contributed by atoms with van der Waals surface area (Å²) in [5, 5.41) is 0. The molecule has 0 radical (unpaired) electrons. The van der Waals surface area contributed by atoms with Crippen molar-refractivity contribution in [2.24, 2.45) is 0 Å². The molecule has 1 heterocycles. The molecule has 2 amide bonds. The van der Waals surface area contributed by atoms with Crippen molar-refractivity contribution in [3.63, 3.8) is 0 Å². The molecule has 1 aliphatic heterocycles. The molecule has 0 atom stereocenters. The summed E-state index contributed by atoms with van der Waals surface area (Å²) in [4.78, 5) is 24.4. The number of hydrazine groups is 1. The largest absolute Gasteiger partial charge is 0.493 e. The van der Waals surface area contributed by atoms with Gasteiger partial charge in [-0.3, -0.25) is 20.4 Å². The Balaban J connectivity index is 1.51. The van der Waals surface area contributed by atoms with E-state index in [9.17, 15) is 18.0 Å². The number of hydrogen-bond acceptors (Lipinski definition) is 7. The van der Waals surface area contributed by atoms with E-state index >= 15 is 0 Å². The van der Waals surface area contributed by atoms with E-state index in [0.717, 1.165) is 0 Å². The fraction of sp³-hybridized carbons (Fsp3) is 0.333. The van der Waals surface area contributed by atoms with Gasteiger partial charge < -0.3 is 14.2 Å². The molecule has 0 bridgehead atoms. The van der Waals surface area contributed by atoms with Crippen LogP contribution in [0.1, 0.15) is 16.8 Å². The SMILES string of the molecule is COc1ccccc1OCCC(=O)NNC(=O)c1cccc(S(=O)(=O)N2CCOCC2)c1. The lowest BCUT2D eigenvalue weighted by molar-refractivity contribution is -0.122. The van der Waals surface area contributed by atoms with Gasteiger partial charge in [0.05, 0.1) is 38.2 Å². The average Bonchev–Trinajstić information content (AvgIpc) is 2.83. The highest BCUT2D eigenvalue weighted by Gasteiger charge is 2.26. The van der Waals surface area contributed by atoms with Gasteiger partial charge in [-0.2, -0.15) is 4.31 Å². The maximum atomic E-state index is 12.8. The lowest BCUT2D eigenvalue weighted by Crippen LogP contribution is -2.42. The highest BCUT2D eigenvalue weighted by Crippen LogP contribution is 2.25. The van der Waals surface area contributed by atoms with Crippen LogP contribution < -0.4 is 20.3 Å². The lowest BCUT2D eigenvalue weighted by Gasteiger charge is -2.26. The Bertz CT molecular complexity index is 1050. The molecule has 2 aromatic rings. The fourth-order valence-corrected chi connectivity index (χ4v) is 4.44. The molecule has 1 aliphatic rings. The zero-order chi connectivity index (χ0) is 23.0. The molecule has 0 aliphatic carbocycles. The van der Waals surface area contributed by atoms with E-state index in [0.29, 0.717) is 24.7 Å². The zero-order valence-corrected chi connectivity index (χ0v) is 18.4. The van der Waals surface area contributed by atoms with E-state index in [2.05, 4.69) is 10.9 Å². The standard InChI is InChI=1S/C21H25N3O7S/c1-29-18-7-2-3-8-19(18)31-12-9-20(25)22-23-21(26)16-5-4-6-17(15-16)32(27,28)24-10-13-30-14-11-24/h2-8,15H,9-14H2,1H3,(H,22,25)(H,23,26). The number of amides is 2. The third-order valence-electron chi connectivity index (χ3n) is 4.68. The topological polar surface area (TPSA) is 123 Å². The van der Waals surface area contributed by atoms with Gasteiger partial charge >= 0.3 is 0 Å². The Kier molecular flexibility index (Phi) is 8.03. The Morgan fingerprint density at radius 2 is 1.75 bits per heavy atom. The van der Waals surface area contributed by atoms with Crippen LogP contribution in [0, 0.1) is 0 Å². The van der Waals surface area contributed by atoms with Crippen molar-refractivity contribution < 1.29 is 32.2 Å². The molecule has 2 aromatic carbocycles. The number of carbonyl (C=O) groups excluding carboxylic acids is 2. The van der Waals surface area contributed by atoms with Crippen LogP contribution in [0.3, 0.4) is 0 Å². The average molecular weight is 464 g/mol.